The number of hydrogen-bond donors (Lipinski definition) is 1. The van der Waals surface area contributed by atoms with Crippen molar-refractivity contribution in [3.8, 4) is 0 Å². The summed E-state index contributed by atoms with van der Waals surface area (Å²) < 4.78 is 0. The van der Waals surface area contributed by atoms with Crippen LogP contribution in [0.25, 0.3) is 0 Å². The lowest BCUT2D eigenvalue weighted by Crippen LogP contribution is -2.13. The van der Waals surface area contributed by atoms with Crippen molar-refractivity contribution in [2.75, 3.05) is 0 Å². The summed E-state index contributed by atoms with van der Waals surface area (Å²) in [5.41, 5.74) is 0.105. The Bertz CT molecular complexity index is 549. The molecule has 19 heavy (non-hydrogen) atoms. The molecule has 0 aromatic carbocycles. The van der Waals surface area contributed by atoms with E-state index in [1.54, 1.807) is 23.7 Å². The molecule has 0 aliphatic carbocycles. The van der Waals surface area contributed by atoms with E-state index in [0.717, 1.165) is 10.7 Å². The highest BCUT2D eigenvalue weighted by molar-refractivity contribution is 7.14. The van der Waals surface area contributed by atoms with Gasteiger partial charge in [0.25, 0.3) is 0 Å². The average Bonchev–Trinajstić information content (AvgIpc) is 2.97. The van der Waals surface area contributed by atoms with E-state index in [0.29, 0.717) is 6.42 Å². The predicted molar refractivity (Wildman–Crippen MR) is 78.8 cm³/mol. The van der Waals surface area contributed by atoms with Crippen LogP contribution in [0.15, 0.2) is 24.5 Å². The molecule has 1 atom stereocenters. The van der Waals surface area contributed by atoms with Gasteiger partial charge in [-0.05, 0) is 17.5 Å². The Morgan fingerprint density at radius 2 is 2.16 bits per heavy atom. The van der Waals surface area contributed by atoms with E-state index in [-0.39, 0.29) is 17.1 Å². The Kier molecular flexibility index (Phi) is 3.90. The minimum absolute atomic E-state index is 0.0439. The van der Waals surface area contributed by atoms with Crippen molar-refractivity contribution in [2.45, 2.75) is 39.5 Å². The number of Topliss-reactive ketones (excluding diaryl/α,β-unsaturated/α-hetero) is 1. The summed E-state index contributed by atoms with van der Waals surface area (Å²) in [7, 11) is 0. The summed E-state index contributed by atoms with van der Waals surface area (Å²) >= 11 is 1.61. The molecule has 0 radical (unpaired) electrons. The summed E-state index contributed by atoms with van der Waals surface area (Å²) in [5.74, 6) is 1.03. The van der Waals surface area contributed by atoms with Crippen molar-refractivity contribution < 1.29 is 4.79 Å². The fourth-order valence-electron chi connectivity index (χ4n) is 1.91. The first-order valence-electron chi connectivity index (χ1n) is 6.50. The van der Waals surface area contributed by atoms with Gasteiger partial charge in [0.1, 0.15) is 5.82 Å². The molecule has 2 aromatic heterocycles. The number of carbonyl (C=O) groups is 1. The van der Waals surface area contributed by atoms with E-state index in [2.05, 4.69) is 36.8 Å². The third-order valence-corrected chi connectivity index (χ3v) is 4.62. The Morgan fingerprint density at radius 3 is 2.68 bits per heavy atom. The van der Waals surface area contributed by atoms with Crippen LogP contribution in [0.2, 0.25) is 0 Å². The standard InChI is InChI=1S/C15H20N2OS/c1-10(9-13-16-7-8-17-13)14(18)11-5-6-12(19-11)15(2,3)4/h5-8,10H,9H2,1-4H3,(H,16,17). The lowest BCUT2D eigenvalue weighted by molar-refractivity contribution is 0.0932. The van der Waals surface area contributed by atoms with E-state index in [9.17, 15) is 4.79 Å². The van der Waals surface area contributed by atoms with Crippen molar-refractivity contribution in [1.29, 1.82) is 0 Å². The highest BCUT2D eigenvalue weighted by Gasteiger charge is 2.22. The number of aromatic nitrogens is 2. The maximum atomic E-state index is 12.4. The van der Waals surface area contributed by atoms with E-state index < -0.39 is 0 Å². The number of H-pyrrole nitrogens is 1. The van der Waals surface area contributed by atoms with Crippen LogP contribution in [0.1, 0.15) is 48.1 Å². The highest BCUT2D eigenvalue weighted by Crippen LogP contribution is 2.30. The van der Waals surface area contributed by atoms with Crippen molar-refractivity contribution in [2.24, 2.45) is 5.92 Å². The summed E-state index contributed by atoms with van der Waals surface area (Å²) in [6.45, 7) is 8.46. The fraction of sp³-hybridized carbons (Fsp3) is 0.467. The molecule has 2 heterocycles. The minimum Gasteiger partial charge on any atom is -0.349 e. The Balaban J connectivity index is 2.09. The van der Waals surface area contributed by atoms with E-state index in [1.807, 2.05) is 13.0 Å². The second-order valence-electron chi connectivity index (χ2n) is 5.92. The molecule has 1 N–H and O–H groups in total. The molecule has 102 valence electrons. The average molecular weight is 276 g/mol. The van der Waals surface area contributed by atoms with Gasteiger partial charge in [-0.3, -0.25) is 4.79 Å². The van der Waals surface area contributed by atoms with Gasteiger partial charge in [-0.1, -0.05) is 27.7 Å². The van der Waals surface area contributed by atoms with Crippen LogP contribution in [0.4, 0.5) is 0 Å². The van der Waals surface area contributed by atoms with Crippen LogP contribution in [-0.2, 0) is 11.8 Å². The normalized spacial score (nSPS) is 13.5. The number of imidazole rings is 1. The van der Waals surface area contributed by atoms with Crippen LogP contribution in [0.3, 0.4) is 0 Å². The molecule has 0 saturated heterocycles. The van der Waals surface area contributed by atoms with Gasteiger partial charge < -0.3 is 4.98 Å². The van der Waals surface area contributed by atoms with Gasteiger partial charge in [0.2, 0.25) is 0 Å². The number of rotatable bonds is 4. The number of thiophene rings is 1. The zero-order chi connectivity index (χ0) is 14.0. The number of nitrogens with zero attached hydrogens (tertiary/aromatic N) is 1. The topological polar surface area (TPSA) is 45.8 Å². The third kappa shape index (κ3) is 3.32. The summed E-state index contributed by atoms with van der Waals surface area (Å²) in [4.78, 5) is 21.7. The smallest absolute Gasteiger partial charge is 0.176 e. The minimum atomic E-state index is -0.0439. The van der Waals surface area contributed by atoms with Gasteiger partial charge in [-0.15, -0.1) is 11.3 Å². The van der Waals surface area contributed by atoms with Gasteiger partial charge in [-0.25, -0.2) is 4.98 Å². The second-order valence-corrected chi connectivity index (χ2v) is 7.00. The quantitative estimate of drug-likeness (QED) is 0.863. The largest absolute Gasteiger partial charge is 0.349 e. The molecule has 0 fully saturated rings. The maximum absolute atomic E-state index is 12.4. The zero-order valence-corrected chi connectivity index (χ0v) is 12.7. The second kappa shape index (κ2) is 5.29. The van der Waals surface area contributed by atoms with Crippen LogP contribution in [0, 0.1) is 5.92 Å². The molecule has 3 nitrogen and oxygen atoms in total. The molecular weight excluding hydrogens is 256 g/mol. The Labute approximate surface area is 118 Å². The van der Waals surface area contributed by atoms with Gasteiger partial charge in [0.15, 0.2) is 5.78 Å². The van der Waals surface area contributed by atoms with Gasteiger partial charge in [0.05, 0.1) is 4.88 Å². The fourth-order valence-corrected chi connectivity index (χ4v) is 3.03. The predicted octanol–water partition coefficient (Wildman–Crippen LogP) is 3.83. The van der Waals surface area contributed by atoms with Gasteiger partial charge in [0, 0.05) is 29.6 Å². The molecule has 2 rings (SSSR count). The lowest BCUT2D eigenvalue weighted by atomic mass is 9.95. The molecule has 0 aliphatic heterocycles. The van der Waals surface area contributed by atoms with Gasteiger partial charge in [-0.2, -0.15) is 0 Å². The molecule has 1 unspecified atom stereocenters. The number of aromatic amines is 1. The van der Waals surface area contributed by atoms with Crippen molar-refractivity contribution >= 4 is 17.1 Å². The van der Waals surface area contributed by atoms with Crippen molar-refractivity contribution in [3.05, 3.63) is 40.1 Å². The SMILES string of the molecule is CC(Cc1ncc[nH]1)C(=O)c1ccc(C(C)(C)C)s1. The van der Waals surface area contributed by atoms with E-state index in [4.69, 9.17) is 0 Å². The van der Waals surface area contributed by atoms with E-state index >= 15 is 0 Å². The van der Waals surface area contributed by atoms with Crippen LogP contribution >= 0.6 is 11.3 Å². The van der Waals surface area contributed by atoms with Gasteiger partial charge >= 0.3 is 0 Å². The molecule has 0 spiro atoms. The number of hydrogen-bond acceptors (Lipinski definition) is 3. The lowest BCUT2D eigenvalue weighted by Gasteiger charge is -2.15. The molecule has 0 amide bonds. The molecular formula is C15H20N2OS. The van der Waals surface area contributed by atoms with Crippen molar-refractivity contribution in [3.63, 3.8) is 0 Å². The summed E-state index contributed by atoms with van der Waals surface area (Å²) in [5, 5.41) is 0. The monoisotopic (exact) mass is 276 g/mol. The van der Waals surface area contributed by atoms with Crippen LogP contribution < -0.4 is 0 Å². The Morgan fingerprint density at radius 1 is 1.42 bits per heavy atom. The molecule has 0 aliphatic rings. The molecule has 0 bridgehead atoms. The zero-order valence-electron chi connectivity index (χ0n) is 11.9. The maximum Gasteiger partial charge on any atom is 0.176 e. The highest BCUT2D eigenvalue weighted by atomic mass is 32.1. The number of carbonyl (C=O) groups excluding carboxylic acids is 1. The molecule has 0 saturated carbocycles. The third-order valence-electron chi connectivity index (χ3n) is 3.09. The summed E-state index contributed by atoms with van der Waals surface area (Å²) in [6.07, 6.45) is 4.17. The van der Waals surface area contributed by atoms with Crippen LogP contribution in [0.5, 0.6) is 0 Å². The van der Waals surface area contributed by atoms with Crippen LogP contribution in [-0.4, -0.2) is 15.8 Å². The number of nitrogens with one attached hydrogen (secondary N) is 1. The first-order chi connectivity index (χ1) is 8.88. The number of ketones is 1. The Hall–Kier alpha value is -1.42. The molecule has 4 heteroatoms. The van der Waals surface area contributed by atoms with E-state index in [1.165, 1.54) is 4.88 Å². The van der Waals surface area contributed by atoms with Crippen molar-refractivity contribution in [1.82, 2.24) is 9.97 Å². The summed E-state index contributed by atoms with van der Waals surface area (Å²) in [6, 6.07) is 4.02. The molecule has 2 aromatic rings. The first-order valence-corrected chi connectivity index (χ1v) is 7.32. The first kappa shape index (κ1) is 14.0.